The fraction of sp³-hybridized carbons (Fsp3) is 0.474. The topological polar surface area (TPSA) is 124 Å². The molecule has 7 nitrogen and oxygen atoms in total. The van der Waals surface area contributed by atoms with Gasteiger partial charge in [0.05, 0.1) is 6.42 Å². The molecule has 6 N–H and O–H groups in total. The lowest BCUT2D eigenvalue weighted by atomic mass is 10.1. The van der Waals surface area contributed by atoms with Gasteiger partial charge in [0.2, 0.25) is 5.91 Å². The highest BCUT2D eigenvalue weighted by Crippen LogP contribution is 2.15. The second kappa shape index (κ2) is 9.24. The number of carbonyl (C=O) groups is 2. The molecule has 0 radical (unpaired) electrons. The zero-order chi connectivity index (χ0) is 19.1. The van der Waals surface area contributed by atoms with E-state index in [-0.39, 0.29) is 5.91 Å². The molecule has 142 valence electrons. The number of hydrogen-bond donors (Lipinski definition) is 5. The highest BCUT2D eigenvalue weighted by atomic mass is 16.4. The molecule has 0 aliphatic heterocycles. The second-order valence-corrected chi connectivity index (χ2v) is 6.79. The van der Waals surface area contributed by atoms with E-state index in [2.05, 4.69) is 28.3 Å². The minimum absolute atomic E-state index is 0.0371. The van der Waals surface area contributed by atoms with Crippen LogP contribution in [0.15, 0.2) is 18.3 Å². The molecule has 0 aromatic carbocycles. The lowest BCUT2D eigenvalue weighted by Gasteiger charge is -2.07. The van der Waals surface area contributed by atoms with E-state index in [1.165, 1.54) is 11.3 Å². The lowest BCUT2D eigenvalue weighted by molar-refractivity contribution is -0.138. The monoisotopic (exact) mass is 360 g/mol. The maximum atomic E-state index is 12.0. The Morgan fingerprint density at radius 1 is 1.27 bits per heavy atom. The summed E-state index contributed by atoms with van der Waals surface area (Å²) in [5.41, 5.74) is 11.0. The summed E-state index contributed by atoms with van der Waals surface area (Å²) in [5, 5.41) is 11.6. The number of aryl methyl sites for hydroxylation is 2. The van der Waals surface area contributed by atoms with E-state index in [9.17, 15) is 9.59 Å². The zero-order valence-corrected chi connectivity index (χ0v) is 15.4. The Labute approximate surface area is 153 Å². The molecule has 2 aromatic heterocycles. The van der Waals surface area contributed by atoms with Crippen molar-refractivity contribution in [2.24, 2.45) is 5.73 Å². The molecule has 2 heterocycles. The third-order valence-electron chi connectivity index (χ3n) is 4.37. The van der Waals surface area contributed by atoms with Crippen LogP contribution in [-0.2, 0) is 22.4 Å². The Morgan fingerprint density at radius 2 is 2.04 bits per heavy atom. The Hall–Kier alpha value is -2.54. The smallest absolute Gasteiger partial charge is 0.320 e. The molecule has 0 unspecified atom stereocenters. The molecule has 26 heavy (non-hydrogen) atoms. The molecule has 0 saturated heterocycles. The minimum atomic E-state index is -0.984. The summed E-state index contributed by atoms with van der Waals surface area (Å²) in [6.07, 6.45) is 4.79. The number of aromatic nitrogens is 2. The van der Waals surface area contributed by atoms with E-state index >= 15 is 0 Å². The van der Waals surface area contributed by atoms with Crippen molar-refractivity contribution < 1.29 is 14.7 Å². The van der Waals surface area contributed by atoms with Gasteiger partial charge in [0, 0.05) is 36.2 Å². The number of carboxylic acids is 1. The van der Waals surface area contributed by atoms with E-state index in [1.807, 2.05) is 19.2 Å². The van der Waals surface area contributed by atoms with Crippen LogP contribution < -0.4 is 11.1 Å². The quantitative estimate of drug-likeness (QED) is 0.414. The number of amides is 1. The van der Waals surface area contributed by atoms with E-state index < -0.39 is 12.0 Å². The average molecular weight is 360 g/mol. The Kier molecular flexibility index (Phi) is 7.03. The van der Waals surface area contributed by atoms with Gasteiger partial charge in [-0.3, -0.25) is 9.59 Å². The average Bonchev–Trinajstić information content (AvgIpc) is 3.13. The largest absolute Gasteiger partial charge is 0.480 e. The molecule has 1 atom stereocenters. The Bertz CT molecular complexity index is 748. The number of nitrogens with one attached hydrogen (secondary N) is 3. The summed E-state index contributed by atoms with van der Waals surface area (Å²) in [7, 11) is 0. The van der Waals surface area contributed by atoms with Crippen molar-refractivity contribution in [3.05, 3.63) is 46.5 Å². The van der Waals surface area contributed by atoms with Gasteiger partial charge in [0.25, 0.3) is 0 Å². The molecule has 0 fully saturated rings. The molecule has 1 amide bonds. The number of carboxylic acid groups (broad SMARTS) is 1. The number of rotatable bonds is 10. The van der Waals surface area contributed by atoms with Crippen molar-refractivity contribution in [1.29, 1.82) is 0 Å². The number of aromatic amines is 2. The highest BCUT2D eigenvalue weighted by Gasteiger charge is 2.11. The van der Waals surface area contributed by atoms with Crippen molar-refractivity contribution in [1.82, 2.24) is 15.3 Å². The first-order valence-corrected chi connectivity index (χ1v) is 8.91. The lowest BCUT2D eigenvalue weighted by Crippen LogP contribution is -2.30. The van der Waals surface area contributed by atoms with Crippen molar-refractivity contribution in [3.8, 4) is 0 Å². The number of carbonyl (C=O) groups excluding carboxylic acids is 1. The molecule has 0 spiro atoms. The fourth-order valence-electron chi connectivity index (χ4n) is 2.94. The number of H-pyrrole nitrogens is 2. The molecule has 7 heteroatoms. The van der Waals surface area contributed by atoms with Gasteiger partial charge in [-0.1, -0.05) is 0 Å². The van der Waals surface area contributed by atoms with Gasteiger partial charge in [-0.05, 0) is 56.4 Å². The van der Waals surface area contributed by atoms with Gasteiger partial charge in [-0.25, -0.2) is 0 Å². The van der Waals surface area contributed by atoms with Crippen LogP contribution in [0.1, 0.15) is 47.5 Å². The van der Waals surface area contributed by atoms with Gasteiger partial charge in [0.15, 0.2) is 0 Å². The third kappa shape index (κ3) is 6.07. The van der Waals surface area contributed by atoms with E-state index in [0.29, 0.717) is 25.8 Å². The number of aliphatic carboxylic acids is 1. The van der Waals surface area contributed by atoms with E-state index in [4.69, 9.17) is 10.8 Å². The summed E-state index contributed by atoms with van der Waals surface area (Å²) in [4.78, 5) is 29.2. The molecule has 2 aromatic rings. The molecule has 0 saturated carbocycles. The summed E-state index contributed by atoms with van der Waals surface area (Å²) in [5.74, 6) is -1.02. The number of unbranched alkanes of at least 4 members (excludes halogenated alkanes) is 1. The zero-order valence-electron chi connectivity index (χ0n) is 15.4. The van der Waals surface area contributed by atoms with Gasteiger partial charge in [-0.2, -0.15) is 0 Å². The van der Waals surface area contributed by atoms with Gasteiger partial charge < -0.3 is 26.1 Å². The first-order valence-electron chi connectivity index (χ1n) is 8.91. The van der Waals surface area contributed by atoms with Crippen molar-refractivity contribution >= 4 is 11.9 Å². The Morgan fingerprint density at radius 3 is 2.69 bits per heavy atom. The molecule has 0 aliphatic carbocycles. The second-order valence-electron chi connectivity index (χ2n) is 6.79. The van der Waals surface area contributed by atoms with Gasteiger partial charge in [-0.15, -0.1) is 0 Å². The SMILES string of the molecule is Cc1cc(C)c(Cc2cc(CC(=O)NCCCC[C@H](N)C(=O)O)c[nH]2)[nH]1. The first kappa shape index (κ1) is 19.8. The summed E-state index contributed by atoms with van der Waals surface area (Å²) in [6.45, 7) is 4.65. The Balaban J connectivity index is 1.70. The maximum Gasteiger partial charge on any atom is 0.320 e. The first-order chi connectivity index (χ1) is 12.3. The summed E-state index contributed by atoms with van der Waals surface area (Å²) < 4.78 is 0. The third-order valence-corrected chi connectivity index (χ3v) is 4.37. The molecular weight excluding hydrogens is 332 g/mol. The molecule has 0 aliphatic rings. The highest BCUT2D eigenvalue weighted by molar-refractivity contribution is 5.78. The normalized spacial score (nSPS) is 12.1. The van der Waals surface area contributed by atoms with Gasteiger partial charge >= 0.3 is 5.97 Å². The maximum absolute atomic E-state index is 12.0. The fourth-order valence-corrected chi connectivity index (χ4v) is 2.94. The van der Waals surface area contributed by atoms with Crippen molar-refractivity contribution in [2.45, 2.75) is 52.0 Å². The summed E-state index contributed by atoms with van der Waals surface area (Å²) >= 11 is 0. The predicted octanol–water partition coefficient (Wildman–Crippen LogP) is 1.79. The minimum Gasteiger partial charge on any atom is -0.480 e. The van der Waals surface area contributed by atoms with Gasteiger partial charge in [0.1, 0.15) is 6.04 Å². The van der Waals surface area contributed by atoms with Crippen LogP contribution >= 0.6 is 0 Å². The number of nitrogens with two attached hydrogens (primary N) is 1. The van der Waals surface area contributed by atoms with Crippen LogP contribution in [-0.4, -0.2) is 39.5 Å². The van der Waals surface area contributed by atoms with Crippen LogP contribution in [0.5, 0.6) is 0 Å². The molecule has 2 rings (SSSR count). The van der Waals surface area contributed by atoms with E-state index in [1.54, 1.807) is 0 Å². The van der Waals surface area contributed by atoms with Crippen molar-refractivity contribution in [3.63, 3.8) is 0 Å². The van der Waals surface area contributed by atoms with Crippen LogP contribution in [0.2, 0.25) is 0 Å². The predicted molar refractivity (Wildman–Crippen MR) is 100 cm³/mol. The summed E-state index contributed by atoms with van der Waals surface area (Å²) in [6, 6.07) is 3.31. The molecular formula is C19H28N4O3. The van der Waals surface area contributed by atoms with Crippen molar-refractivity contribution in [2.75, 3.05) is 6.54 Å². The number of hydrogen-bond acceptors (Lipinski definition) is 3. The standard InChI is InChI=1S/C19H28N4O3/c1-12-7-13(2)23-17(12)10-15-8-14(11-22-15)9-18(24)21-6-4-3-5-16(20)19(25)26/h7-8,11,16,22-23H,3-6,9-10,20H2,1-2H3,(H,21,24)(H,25,26)/t16-/m0/s1. The van der Waals surface area contributed by atoms with E-state index in [0.717, 1.165) is 29.8 Å². The molecule has 0 bridgehead atoms. The van der Waals surface area contributed by atoms with Crippen LogP contribution in [0.4, 0.5) is 0 Å². The van der Waals surface area contributed by atoms with Crippen LogP contribution in [0, 0.1) is 13.8 Å². The van der Waals surface area contributed by atoms with Crippen LogP contribution in [0.3, 0.4) is 0 Å². The van der Waals surface area contributed by atoms with Crippen LogP contribution in [0.25, 0.3) is 0 Å².